The van der Waals surface area contributed by atoms with Crippen molar-refractivity contribution in [1.82, 2.24) is 9.80 Å². The van der Waals surface area contributed by atoms with Gasteiger partial charge in [-0.25, -0.2) is 0 Å². The van der Waals surface area contributed by atoms with Crippen molar-refractivity contribution in [3.8, 4) is 0 Å². The fourth-order valence-corrected chi connectivity index (χ4v) is 10.2. The molecule has 4 aliphatic heterocycles. The number of anilines is 2. The molecular formula is C36H52N4O4. The van der Waals surface area contributed by atoms with Crippen molar-refractivity contribution in [3.05, 3.63) is 35.7 Å². The number of piperidine rings is 3. The van der Waals surface area contributed by atoms with Gasteiger partial charge < -0.3 is 19.3 Å². The topological polar surface area (TPSA) is 65.6 Å². The van der Waals surface area contributed by atoms with E-state index in [0.717, 1.165) is 48.8 Å². The molecule has 2 saturated carbocycles. The van der Waals surface area contributed by atoms with E-state index >= 15 is 0 Å². The van der Waals surface area contributed by atoms with E-state index in [2.05, 4.69) is 43.9 Å². The summed E-state index contributed by atoms with van der Waals surface area (Å²) in [7, 11) is 2.94. The molecule has 0 radical (unpaired) electrons. The highest BCUT2D eigenvalue weighted by atomic mass is 16.5. The van der Waals surface area contributed by atoms with Crippen LogP contribution < -0.4 is 9.80 Å². The lowest BCUT2D eigenvalue weighted by atomic mass is 9.73. The first-order valence-corrected chi connectivity index (χ1v) is 17.5. The van der Waals surface area contributed by atoms with E-state index in [4.69, 9.17) is 9.47 Å². The summed E-state index contributed by atoms with van der Waals surface area (Å²) in [6.07, 6.45) is 18.3. The molecule has 2 aliphatic carbocycles. The summed E-state index contributed by atoms with van der Waals surface area (Å²) in [5.74, 6) is 2.61. The first kappa shape index (κ1) is 30.1. The Morgan fingerprint density at radius 3 is 2.07 bits per heavy atom. The zero-order valence-corrected chi connectivity index (χ0v) is 26.9. The van der Waals surface area contributed by atoms with E-state index in [1.807, 2.05) is 0 Å². The smallest absolute Gasteiger partial charge is 0.325 e. The molecule has 44 heavy (non-hydrogen) atoms. The van der Waals surface area contributed by atoms with Gasteiger partial charge in [0.05, 0.1) is 32.1 Å². The Morgan fingerprint density at radius 1 is 0.727 bits per heavy atom. The zero-order valence-electron chi connectivity index (χ0n) is 26.9. The number of esters is 2. The fourth-order valence-electron chi connectivity index (χ4n) is 10.2. The van der Waals surface area contributed by atoms with Gasteiger partial charge in [0.2, 0.25) is 0 Å². The highest BCUT2D eigenvalue weighted by Gasteiger charge is 2.48. The van der Waals surface area contributed by atoms with Gasteiger partial charge in [-0.05, 0) is 93.9 Å². The Balaban J connectivity index is 1.21. The molecule has 1 aromatic rings. The van der Waals surface area contributed by atoms with Gasteiger partial charge in [0.25, 0.3) is 0 Å². The molecular weight excluding hydrogens is 552 g/mol. The number of fused-ring (bicyclic) bond motifs is 5. The highest BCUT2D eigenvalue weighted by Crippen LogP contribution is 2.50. The molecule has 0 aromatic heterocycles. The van der Waals surface area contributed by atoms with Crippen LogP contribution in [0, 0.1) is 11.8 Å². The molecule has 0 amide bonds. The average Bonchev–Trinajstić information content (AvgIpc) is 3.25. The standard InChI is InChI=1S/C36H52N4O4/c1-43-34(41)23-37-16-8-11-27(22-37)36-38(24-35(42)44-2)32-14-5-6-15-33(32)40(36)31-20-28-12-7-13-29(21-31)39(28)30-18-25-9-3-4-10-26(17-25)19-30/h5-6,14-15,25-26,28-31H,3-4,7-13,16-24H2,1-2H3/b36-27+/t25-,26+,28-,29+,30-,31+. The van der Waals surface area contributed by atoms with Gasteiger partial charge in [0.15, 0.2) is 0 Å². The van der Waals surface area contributed by atoms with E-state index < -0.39 is 0 Å². The van der Waals surface area contributed by atoms with Crippen LogP contribution in [0.25, 0.3) is 0 Å². The Hall–Kier alpha value is -2.58. The molecule has 8 heteroatoms. The zero-order chi connectivity index (χ0) is 30.2. The Bertz CT molecular complexity index is 1220. The van der Waals surface area contributed by atoms with E-state index in [9.17, 15) is 9.59 Å². The van der Waals surface area contributed by atoms with Crippen LogP contribution in [0.1, 0.15) is 89.9 Å². The molecule has 240 valence electrons. The lowest BCUT2D eigenvalue weighted by Crippen LogP contribution is -2.61. The van der Waals surface area contributed by atoms with Gasteiger partial charge in [-0.1, -0.05) is 44.2 Å². The highest BCUT2D eigenvalue weighted by molar-refractivity contribution is 5.88. The Morgan fingerprint density at radius 2 is 1.39 bits per heavy atom. The molecule has 7 rings (SSSR count). The van der Waals surface area contributed by atoms with E-state index in [1.165, 1.54) is 103 Å². The molecule has 4 heterocycles. The minimum Gasteiger partial charge on any atom is -0.468 e. The van der Waals surface area contributed by atoms with Gasteiger partial charge in [-0.15, -0.1) is 0 Å². The van der Waals surface area contributed by atoms with Crippen LogP contribution in [0.15, 0.2) is 35.7 Å². The van der Waals surface area contributed by atoms with Crippen molar-refractivity contribution in [2.45, 2.75) is 114 Å². The second-order valence-corrected chi connectivity index (χ2v) is 14.5. The number of rotatable bonds is 6. The second-order valence-electron chi connectivity index (χ2n) is 14.5. The van der Waals surface area contributed by atoms with Crippen LogP contribution in [0.4, 0.5) is 11.4 Å². The van der Waals surface area contributed by atoms with Crippen LogP contribution in [-0.4, -0.2) is 86.3 Å². The van der Waals surface area contributed by atoms with Crippen molar-refractivity contribution in [2.75, 3.05) is 50.2 Å². The van der Waals surface area contributed by atoms with Gasteiger partial charge in [-0.3, -0.25) is 19.4 Å². The second kappa shape index (κ2) is 13.0. The number of nitrogens with zero attached hydrogens (tertiary/aromatic N) is 4. The number of likely N-dealkylation sites (tertiary alicyclic amines) is 1. The van der Waals surface area contributed by atoms with Crippen molar-refractivity contribution < 1.29 is 19.1 Å². The quantitative estimate of drug-likeness (QED) is 0.383. The molecule has 0 unspecified atom stereocenters. The van der Waals surface area contributed by atoms with E-state index in [1.54, 1.807) is 0 Å². The molecule has 5 fully saturated rings. The number of carbonyl (C=O) groups excluding carboxylic acids is 2. The van der Waals surface area contributed by atoms with Crippen LogP contribution in [-0.2, 0) is 19.1 Å². The third-order valence-corrected chi connectivity index (χ3v) is 11.8. The van der Waals surface area contributed by atoms with Crippen LogP contribution >= 0.6 is 0 Å². The minimum atomic E-state index is -0.229. The van der Waals surface area contributed by atoms with Crippen LogP contribution in [0.2, 0.25) is 0 Å². The van der Waals surface area contributed by atoms with Gasteiger partial charge in [0.1, 0.15) is 12.4 Å². The van der Waals surface area contributed by atoms with E-state index in [-0.39, 0.29) is 18.5 Å². The van der Waals surface area contributed by atoms with Crippen LogP contribution in [0.5, 0.6) is 0 Å². The number of carbonyl (C=O) groups is 2. The van der Waals surface area contributed by atoms with Crippen LogP contribution in [0.3, 0.4) is 0 Å². The molecule has 8 nitrogen and oxygen atoms in total. The number of hydrogen-bond donors (Lipinski definition) is 0. The minimum absolute atomic E-state index is 0.191. The van der Waals surface area contributed by atoms with Crippen molar-refractivity contribution in [3.63, 3.8) is 0 Å². The summed E-state index contributed by atoms with van der Waals surface area (Å²) in [5, 5.41) is 0. The number of ether oxygens (including phenoxy) is 2. The average molecular weight is 605 g/mol. The maximum atomic E-state index is 12.8. The van der Waals surface area contributed by atoms with Gasteiger partial charge in [-0.2, -0.15) is 0 Å². The van der Waals surface area contributed by atoms with Gasteiger partial charge in [0, 0.05) is 30.7 Å². The van der Waals surface area contributed by atoms with E-state index in [0.29, 0.717) is 31.2 Å². The van der Waals surface area contributed by atoms with Gasteiger partial charge >= 0.3 is 11.9 Å². The molecule has 0 spiro atoms. The van der Waals surface area contributed by atoms with Crippen molar-refractivity contribution >= 4 is 23.3 Å². The first-order chi connectivity index (χ1) is 21.5. The predicted molar refractivity (Wildman–Crippen MR) is 172 cm³/mol. The summed E-state index contributed by atoms with van der Waals surface area (Å²) in [4.78, 5) is 35.2. The summed E-state index contributed by atoms with van der Waals surface area (Å²) in [5.41, 5.74) is 3.61. The third-order valence-electron chi connectivity index (χ3n) is 11.8. The summed E-state index contributed by atoms with van der Waals surface area (Å²) in [6, 6.07) is 11.0. The molecule has 6 atom stereocenters. The largest absolute Gasteiger partial charge is 0.468 e. The third kappa shape index (κ3) is 5.89. The first-order valence-electron chi connectivity index (χ1n) is 17.5. The maximum Gasteiger partial charge on any atom is 0.325 e. The number of hydrogen-bond acceptors (Lipinski definition) is 8. The maximum absolute atomic E-state index is 12.8. The Labute approximate surface area is 263 Å². The summed E-state index contributed by atoms with van der Waals surface area (Å²) >= 11 is 0. The predicted octanol–water partition coefficient (Wildman–Crippen LogP) is 5.71. The lowest BCUT2D eigenvalue weighted by molar-refractivity contribution is -0.142. The molecule has 3 saturated heterocycles. The number of methoxy groups -OCH3 is 2. The summed E-state index contributed by atoms with van der Waals surface area (Å²) in [6.45, 7) is 2.07. The number of benzene rings is 1. The molecule has 1 aromatic carbocycles. The van der Waals surface area contributed by atoms with Crippen molar-refractivity contribution in [1.29, 1.82) is 0 Å². The van der Waals surface area contributed by atoms with Crippen molar-refractivity contribution in [2.24, 2.45) is 11.8 Å². The Kier molecular flexibility index (Phi) is 8.91. The summed E-state index contributed by atoms with van der Waals surface area (Å²) < 4.78 is 10.2. The fraction of sp³-hybridized carbons (Fsp3) is 0.722. The molecule has 6 aliphatic rings. The SMILES string of the molecule is COC(=O)CN1CCC/C(=C2/N(CC(=O)OC)c3ccccc3N2[C@H]2C[C@H]3CCC[C@@H](C2)N3[C@@H]2C[C@@H]3CCCC[C@@H](C3)C2)C1. The normalized spacial score (nSPS) is 34.3. The molecule has 4 bridgehead atoms. The molecule has 0 N–H and O–H groups in total. The monoisotopic (exact) mass is 604 g/mol. The lowest BCUT2D eigenvalue weighted by Gasteiger charge is -2.56. The number of para-hydroxylation sites is 2.